The quantitative estimate of drug-likeness (QED) is 0.672. The number of carbonyl (C=O) groups is 1. The first-order valence-electron chi connectivity index (χ1n) is 6.23. The van der Waals surface area contributed by atoms with Gasteiger partial charge in [-0.2, -0.15) is 0 Å². The Morgan fingerprint density at radius 3 is 2.84 bits per heavy atom. The van der Waals surface area contributed by atoms with Gasteiger partial charge in [-0.25, -0.2) is 4.68 Å². The van der Waals surface area contributed by atoms with Crippen molar-refractivity contribution >= 4 is 16.8 Å². The van der Waals surface area contributed by atoms with E-state index < -0.39 is 0 Å². The number of rotatable bonds is 3. The Morgan fingerprint density at radius 2 is 2.00 bits per heavy atom. The molecule has 94 valence electrons. The average molecular weight is 251 g/mol. The Hall–Kier alpha value is -2.49. The summed E-state index contributed by atoms with van der Waals surface area (Å²) in [5.74, 6) is 0.131. The highest BCUT2D eigenvalue weighted by Crippen LogP contribution is 2.17. The van der Waals surface area contributed by atoms with Gasteiger partial charge in [0.15, 0.2) is 5.78 Å². The third kappa shape index (κ3) is 2.01. The van der Waals surface area contributed by atoms with E-state index in [0.29, 0.717) is 12.0 Å². The second kappa shape index (κ2) is 4.65. The van der Waals surface area contributed by atoms with Crippen LogP contribution in [0.3, 0.4) is 0 Å². The molecule has 0 N–H and O–H groups in total. The molecule has 4 heteroatoms. The maximum Gasteiger partial charge on any atom is 0.162 e. The molecule has 0 atom stereocenters. The summed E-state index contributed by atoms with van der Waals surface area (Å²) in [6.07, 6.45) is 0.502. The number of nitrogens with zero attached hydrogens (tertiary/aromatic N) is 3. The first-order chi connectivity index (χ1) is 9.29. The predicted octanol–water partition coefficient (Wildman–Crippen LogP) is 3.01. The molecule has 1 heterocycles. The molecule has 0 radical (unpaired) electrons. The number of para-hydroxylation sites is 1. The first-order valence-corrected chi connectivity index (χ1v) is 6.23. The number of fused-ring (bicyclic) bond motifs is 1. The van der Waals surface area contributed by atoms with Crippen molar-refractivity contribution in [3.05, 3.63) is 54.1 Å². The minimum Gasteiger partial charge on any atom is -0.294 e. The van der Waals surface area contributed by atoms with Crippen LogP contribution in [0.4, 0.5) is 0 Å². The van der Waals surface area contributed by atoms with Crippen LogP contribution in [0.5, 0.6) is 0 Å². The van der Waals surface area contributed by atoms with E-state index in [1.54, 1.807) is 4.68 Å². The molecule has 0 aliphatic carbocycles. The summed E-state index contributed by atoms with van der Waals surface area (Å²) in [6.45, 7) is 1.86. The molecule has 0 saturated carbocycles. The van der Waals surface area contributed by atoms with Crippen molar-refractivity contribution in [2.75, 3.05) is 0 Å². The third-order valence-electron chi connectivity index (χ3n) is 3.09. The largest absolute Gasteiger partial charge is 0.294 e. The molecule has 3 rings (SSSR count). The van der Waals surface area contributed by atoms with Crippen molar-refractivity contribution in [3.63, 3.8) is 0 Å². The van der Waals surface area contributed by atoms with Crippen molar-refractivity contribution in [3.8, 4) is 5.69 Å². The Labute approximate surface area is 110 Å². The summed E-state index contributed by atoms with van der Waals surface area (Å²) in [7, 11) is 0. The molecular weight excluding hydrogens is 238 g/mol. The SMILES string of the molecule is CCC(=O)c1cccc(-n2nnc3ccccc32)c1. The minimum atomic E-state index is 0.131. The van der Waals surface area contributed by atoms with Crippen molar-refractivity contribution < 1.29 is 4.79 Å². The van der Waals surface area contributed by atoms with Crippen molar-refractivity contribution in [2.24, 2.45) is 0 Å². The van der Waals surface area contributed by atoms with E-state index >= 15 is 0 Å². The Balaban J connectivity index is 2.14. The van der Waals surface area contributed by atoms with Crippen molar-refractivity contribution in [1.29, 1.82) is 0 Å². The highest BCUT2D eigenvalue weighted by Gasteiger charge is 2.08. The van der Waals surface area contributed by atoms with Gasteiger partial charge in [0.2, 0.25) is 0 Å². The summed E-state index contributed by atoms with van der Waals surface area (Å²) in [4.78, 5) is 11.8. The van der Waals surface area contributed by atoms with Crippen LogP contribution in [-0.2, 0) is 0 Å². The lowest BCUT2D eigenvalue weighted by Crippen LogP contribution is -2.01. The zero-order chi connectivity index (χ0) is 13.2. The summed E-state index contributed by atoms with van der Waals surface area (Å²) in [6, 6.07) is 15.2. The van der Waals surface area contributed by atoms with Gasteiger partial charge in [-0.3, -0.25) is 4.79 Å². The number of benzene rings is 2. The Morgan fingerprint density at radius 1 is 1.16 bits per heavy atom. The van der Waals surface area contributed by atoms with Crippen LogP contribution in [0, 0.1) is 0 Å². The molecule has 0 spiro atoms. The van der Waals surface area contributed by atoms with E-state index in [1.165, 1.54) is 0 Å². The molecule has 3 aromatic rings. The van der Waals surface area contributed by atoms with Crippen LogP contribution in [0.1, 0.15) is 23.7 Å². The number of hydrogen-bond acceptors (Lipinski definition) is 3. The van der Waals surface area contributed by atoms with E-state index in [0.717, 1.165) is 16.7 Å². The summed E-state index contributed by atoms with van der Waals surface area (Å²) >= 11 is 0. The normalized spacial score (nSPS) is 10.8. The molecule has 0 aliphatic heterocycles. The number of hydrogen-bond donors (Lipinski definition) is 0. The fraction of sp³-hybridized carbons (Fsp3) is 0.133. The van der Waals surface area contributed by atoms with Gasteiger partial charge in [0.25, 0.3) is 0 Å². The van der Waals surface area contributed by atoms with Crippen LogP contribution in [0.2, 0.25) is 0 Å². The molecule has 1 aromatic heterocycles. The molecule has 0 saturated heterocycles. The van der Waals surface area contributed by atoms with Gasteiger partial charge in [0.1, 0.15) is 5.52 Å². The maximum absolute atomic E-state index is 11.8. The lowest BCUT2D eigenvalue weighted by molar-refractivity contribution is 0.0988. The molecule has 0 amide bonds. The molecule has 2 aromatic carbocycles. The second-order valence-corrected chi connectivity index (χ2v) is 4.32. The highest BCUT2D eigenvalue weighted by molar-refractivity contribution is 5.96. The standard InChI is InChI=1S/C15H13N3O/c1-2-15(19)11-6-5-7-12(10-11)18-14-9-4-3-8-13(14)16-17-18/h3-10H,2H2,1H3. The molecule has 0 bridgehead atoms. The van der Waals surface area contributed by atoms with E-state index in [2.05, 4.69) is 10.3 Å². The van der Waals surface area contributed by atoms with Gasteiger partial charge >= 0.3 is 0 Å². The molecule has 0 aliphatic rings. The van der Waals surface area contributed by atoms with E-state index in [1.807, 2.05) is 55.5 Å². The lowest BCUT2D eigenvalue weighted by Gasteiger charge is -2.04. The number of ketones is 1. The molecular formula is C15H13N3O. The Bertz CT molecular complexity index is 746. The monoisotopic (exact) mass is 251 g/mol. The zero-order valence-electron chi connectivity index (χ0n) is 10.6. The van der Waals surface area contributed by atoms with Crippen LogP contribution >= 0.6 is 0 Å². The number of aromatic nitrogens is 3. The summed E-state index contributed by atoms with van der Waals surface area (Å²) < 4.78 is 1.75. The minimum absolute atomic E-state index is 0.131. The van der Waals surface area contributed by atoms with Crippen LogP contribution in [0.15, 0.2) is 48.5 Å². The van der Waals surface area contributed by atoms with E-state index in [4.69, 9.17) is 0 Å². The summed E-state index contributed by atoms with van der Waals surface area (Å²) in [5, 5.41) is 8.26. The average Bonchev–Trinajstić information content (AvgIpc) is 2.90. The fourth-order valence-corrected chi connectivity index (χ4v) is 2.07. The second-order valence-electron chi connectivity index (χ2n) is 4.32. The molecule has 19 heavy (non-hydrogen) atoms. The topological polar surface area (TPSA) is 47.8 Å². The van der Waals surface area contributed by atoms with E-state index in [9.17, 15) is 4.79 Å². The van der Waals surface area contributed by atoms with Crippen LogP contribution in [0.25, 0.3) is 16.7 Å². The molecule has 0 unspecified atom stereocenters. The van der Waals surface area contributed by atoms with Crippen molar-refractivity contribution in [2.45, 2.75) is 13.3 Å². The predicted molar refractivity (Wildman–Crippen MR) is 73.5 cm³/mol. The van der Waals surface area contributed by atoms with Gasteiger partial charge in [0.05, 0.1) is 11.2 Å². The summed E-state index contributed by atoms with van der Waals surface area (Å²) in [5.41, 5.74) is 3.34. The third-order valence-corrected chi connectivity index (χ3v) is 3.09. The maximum atomic E-state index is 11.8. The smallest absolute Gasteiger partial charge is 0.162 e. The van der Waals surface area contributed by atoms with E-state index in [-0.39, 0.29) is 5.78 Å². The highest BCUT2D eigenvalue weighted by atomic mass is 16.1. The molecule has 0 fully saturated rings. The number of Topliss-reactive ketones (excluding diaryl/α,β-unsaturated/α-hetero) is 1. The Kier molecular flexibility index (Phi) is 2.83. The fourth-order valence-electron chi connectivity index (χ4n) is 2.07. The van der Waals surface area contributed by atoms with Gasteiger partial charge in [-0.05, 0) is 24.3 Å². The number of carbonyl (C=O) groups excluding carboxylic acids is 1. The van der Waals surface area contributed by atoms with Crippen LogP contribution < -0.4 is 0 Å². The van der Waals surface area contributed by atoms with Gasteiger partial charge in [-0.1, -0.05) is 36.4 Å². The first kappa shape index (κ1) is 11.6. The molecule has 4 nitrogen and oxygen atoms in total. The van der Waals surface area contributed by atoms with Gasteiger partial charge < -0.3 is 0 Å². The zero-order valence-corrected chi connectivity index (χ0v) is 10.6. The van der Waals surface area contributed by atoms with Crippen molar-refractivity contribution in [1.82, 2.24) is 15.0 Å². The van der Waals surface area contributed by atoms with Gasteiger partial charge in [-0.15, -0.1) is 5.10 Å². The van der Waals surface area contributed by atoms with Crippen LogP contribution in [-0.4, -0.2) is 20.8 Å². The van der Waals surface area contributed by atoms with Gasteiger partial charge in [0, 0.05) is 12.0 Å². The lowest BCUT2D eigenvalue weighted by atomic mass is 10.1.